The average molecular weight is 422 g/mol. The monoisotopic (exact) mass is 421 g/mol. The third kappa shape index (κ3) is 5.25. The van der Waals surface area contributed by atoms with Gasteiger partial charge in [0.05, 0.1) is 7.11 Å². The van der Waals surface area contributed by atoms with Gasteiger partial charge >= 0.3 is 12.0 Å². The zero-order chi connectivity index (χ0) is 21.6. The lowest BCUT2D eigenvalue weighted by atomic mass is 10.0. The summed E-state index contributed by atoms with van der Waals surface area (Å²) in [6.07, 6.45) is 3.07. The van der Waals surface area contributed by atoms with E-state index in [9.17, 15) is 9.59 Å². The third-order valence-corrected chi connectivity index (χ3v) is 6.38. The number of hydrogen-bond acceptors (Lipinski definition) is 4. The predicted molar refractivity (Wildman–Crippen MR) is 121 cm³/mol. The van der Waals surface area contributed by atoms with Crippen molar-refractivity contribution in [1.29, 1.82) is 0 Å². The van der Waals surface area contributed by atoms with Crippen LogP contribution < -0.4 is 4.90 Å². The van der Waals surface area contributed by atoms with E-state index in [-0.39, 0.29) is 12.0 Å². The Morgan fingerprint density at radius 1 is 0.935 bits per heavy atom. The lowest BCUT2D eigenvalue weighted by Gasteiger charge is -2.36. The maximum Gasteiger partial charge on any atom is 0.324 e. The molecule has 0 aliphatic carbocycles. The lowest BCUT2D eigenvalue weighted by Crippen LogP contribution is -2.46. The van der Waals surface area contributed by atoms with Gasteiger partial charge in [-0.25, -0.2) is 4.79 Å². The molecule has 2 amide bonds. The fraction of sp³-hybridized carbons (Fsp3) is 0.440. The number of benzene rings is 2. The number of methoxy groups -OCH3 is 1. The molecule has 2 aromatic carbocycles. The number of aryl methyl sites for hydroxylation is 1. The van der Waals surface area contributed by atoms with E-state index in [0.29, 0.717) is 18.9 Å². The highest BCUT2D eigenvalue weighted by atomic mass is 16.5. The molecule has 6 nitrogen and oxygen atoms in total. The number of anilines is 1. The molecule has 0 atom stereocenters. The minimum Gasteiger partial charge on any atom is -0.469 e. The molecule has 0 spiro atoms. The number of likely N-dealkylation sites (tertiary alicyclic amines) is 1. The van der Waals surface area contributed by atoms with Gasteiger partial charge in [-0.05, 0) is 42.5 Å². The highest BCUT2D eigenvalue weighted by Crippen LogP contribution is 2.26. The van der Waals surface area contributed by atoms with Gasteiger partial charge in [-0.1, -0.05) is 42.5 Å². The molecule has 2 aliphatic heterocycles. The Labute approximate surface area is 184 Å². The summed E-state index contributed by atoms with van der Waals surface area (Å²) in [4.78, 5) is 30.8. The number of rotatable bonds is 7. The van der Waals surface area contributed by atoms with Crippen molar-refractivity contribution in [2.24, 2.45) is 0 Å². The minimum atomic E-state index is -0.204. The van der Waals surface area contributed by atoms with Crippen molar-refractivity contribution in [3.05, 3.63) is 65.7 Å². The molecule has 2 aliphatic rings. The Morgan fingerprint density at radius 2 is 1.65 bits per heavy atom. The number of hydrogen-bond donors (Lipinski definition) is 0. The van der Waals surface area contributed by atoms with E-state index in [2.05, 4.69) is 40.1 Å². The summed E-state index contributed by atoms with van der Waals surface area (Å²) in [5.41, 5.74) is 3.35. The van der Waals surface area contributed by atoms with E-state index < -0.39 is 0 Å². The van der Waals surface area contributed by atoms with Crippen molar-refractivity contribution in [3.8, 4) is 0 Å². The molecule has 2 aromatic rings. The number of esters is 1. The van der Waals surface area contributed by atoms with E-state index >= 15 is 0 Å². The van der Waals surface area contributed by atoms with Crippen molar-refractivity contribution in [2.75, 3.05) is 38.2 Å². The van der Waals surface area contributed by atoms with Crippen molar-refractivity contribution >= 4 is 17.7 Å². The van der Waals surface area contributed by atoms with Crippen LogP contribution in [0.3, 0.4) is 0 Å². The molecule has 164 valence electrons. The fourth-order valence-corrected chi connectivity index (χ4v) is 4.55. The van der Waals surface area contributed by atoms with Gasteiger partial charge in [0.25, 0.3) is 0 Å². The van der Waals surface area contributed by atoms with Crippen LogP contribution in [-0.4, -0.2) is 61.1 Å². The molecule has 31 heavy (non-hydrogen) atoms. The second kappa shape index (κ2) is 9.96. The normalized spacial score (nSPS) is 17.9. The summed E-state index contributed by atoms with van der Waals surface area (Å²) in [5, 5.41) is 0. The largest absolute Gasteiger partial charge is 0.469 e. The van der Waals surface area contributed by atoms with Gasteiger partial charge in [-0.15, -0.1) is 0 Å². The molecular formula is C25H31N3O3. The van der Waals surface area contributed by atoms with Crippen LogP contribution in [0.25, 0.3) is 0 Å². The molecular weight excluding hydrogens is 390 g/mol. The number of amides is 2. The lowest BCUT2D eigenvalue weighted by molar-refractivity contribution is -0.140. The van der Waals surface area contributed by atoms with E-state index in [1.54, 1.807) is 0 Å². The summed E-state index contributed by atoms with van der Waals surface area (Å²) in [6, 6.07) is 19.0. The second-order valence-corrected chi connectivity index (χ2v) is 8.36. The molecule has 0 N–H and O–H groups in total. The number of carbonyl (C=O) groups excluding carboxylic acids is 2. The van der Waals surface area contributed by atoms with Crippen LogP contribution in [0.15, 0.2) is 54.6 Å². The number of nitrogens with zero attached hydrogens (tertiary/aromatic N) is 3. The SMILES string of the molecule is COC(=O)CCc1ccc(N2CCN(C3CCN(Cc4ccccc4)CC3)C2=O)cc1. The highest BCUT2D eigenvalue weighted by molar-refractivity contribution is 5.94. The number of piperidine rings is 1. The summed E-state index contributed by atoms with van der Waals surface area (Å²) in [7, 11) is 1.41. The summed E-state index contributed by atoms with van der Waals surface area (Å²) < 4.78 is 4.70. The molecule has 2 fully saturated rings. The summed E-state index contributed by atoms with van der Waals surface area (Å²) in [6.45, 7) is 4.54. The van der Waals surface area contributed by atoms with Crippen LogP contribution in [0.1, 0.15) is 30.4 Å². The molecule has 0 radical (unpaired) electrons. The second-order valence-electron chi connectivity index (χ2n) is 8.36. The van der Waals surface area contributed by atoms with Gasteiger partial charge < -0.3 is 9.64 Å². The number of urea groups is 1. The zero-order valence-electron chi connectivity index (χ0n) is 18.2. The standard InChI is InChI=1S/C25H31N3O3/c1-31-24(29)12-9-20-7-10-22(11-8-20)27-17-18-28(25(27)30)23-13-15-26(16-14-23)19-21-5-3-2-4-6-21/h2-8,10-11,23H,9,12-19H2,1H3. The zero-order valence-corrected chi connectivity index (χ0v) is 18.2. The van der Waals surface area contributed by atoms with Crippen molar-refractivity contribution in [1.82, 2.24) is 9.80 Å². The summed E-state index contributed by atoms with van der Waals surface area (Å²) in [5.74, 6) is -0.204. The average Bonchev–Trinajstić information content (AvgIpc) is 3.20. The molecule has 0 saturated carbocycles. The maximum atomic E-state index is 13.1. The summed E-state index contributed by atoms with van der Waals surface area (Å²) >= 11 is 0. The van der Waals surface area contributed by atoms with Crippen molar-refractivity contribution < 1.29 is 14.3 Å². The first-order valence-corrected chi connectivity index (χ1v) is 11.1. The molecule has 0 unspecified atom stereocenters. The molecule has 0 bridgehead atoms. The Morgan fingerprint density at radius 3 is 2.32 bits per heavy atom. The number of carbonyl (C=O) groups is 2. The van der Waals surface area contributed by atoms with E-state index in [1.807, 2.05) is 29.2 Å². The first kappa shape index (κ1) is 21.4. The Hall–Kier alpha value is -2.86. The van der Waals surface area contributed by atoms with Gasteiger partial charge in [-0.3, -0.25) is 14.6 Å². The van der Waals surface area contributed by atoms with Crippen LogP contribution in [0, 0.1) is 0 Å². The highest BCUT2D eigenvalue weighted by Gasteiger charge is 2.35. The van der Waals surface area contributed by atoms with Gasteiger partial charge in [0, 0.05) is 50.9 Å². The quantitative estimate of drug-likeness (QED) is 0.640. The van der Waals surface area contributed by atoms with Crippen LogP contribution in [-0.2, 0) is 22.5 Å². The van der Waals surface area contributed by atoms with Crippen LogP contribution in [0.4, 0.5) is 10.5 Å². The Balaban J connectivity index is 1.29. The van der Waals surface area contributed by atoms with Gasteiger partial charge in [0.2, 0.25) is 0 Å². The fourth-order valence-electron chi connectivity index (χ4n) is 4.55. The van der Waals surface area contributed by atoms with E-state index in [1.165, 1.54) is 12.7 Å². The Bertz CT molecular complexity index is 877. The van der Waals surface area contributed by atoms with Crippen molar-refractivity contribution in [2.45, 2.75) is 38.3 Å². The van der Waals surface area contributed by atoms with Crippen LogP contribution >= 0.6 is 0 Å². The molecule has 2 heterocycles. The topological polar surface area (TPSA) is 53.1 Å². The third-order valence-electron chi connectivity index (χ3n) is 6.38. The molecule has 2 saturated heterocycles. The Kier molecular flexibility index (Phi) is 6.87. The predicted octanol–water partition coefficient (Wildman–Crippen LogP) is 3.70. The van der Waals surface area contributed by atoms with Crippen LogP contribution in [0.5, 0.6) is 0 Å². The maximum absolute atomic E-state index is 13.1. The van der Waals surface area contributed by atoms with Gasteiger partial charge in [0.1, 0.15) is 0 Å². The van der Waals surface area contributed by atoms with E-state index in [0.717, 1.165) is 56.8 Å². The molecule has 6 heteroatoms. The van der Waals surface area contributed by atoms with Gasteiger partial charge in [-0.2, -0.15) is 0 Å². The minimum absolute atomic E-state index is 0.115. The van der Waals surface area contributed by atoms with E-state index in [4.69, 9.17) is 4.74 Å². The van der Waals surface area contributed by atoms with Gasteiger partial charge in [0.15, 0.2) is 0 Å². The smallest absolute Gasteiger partial charge is 0.324 e. The molecule has 4 rings (SSSR count). The molecule has 0 aromatic heterocycles. The van der Waals surface area contributed by atoms with Crippen LogP contribution in [0.2, 0.25) is 0 Å². The first-order chi connectivity index (χ1) is 15.1. The first-order valence-electron chi connectivity index (χ1n) is 11.1. The van der Waals surface area contributed by atoms with Crippen molar-refractivity contribution in [3.63, 3.8) is 0 Å². The number of ether oxygens (including phenoxy) is 1.